The number of urea groups is 1. The monoisotopic (exact) mass is 246 g/mol. The molecule has 0 bridgehead atoms. The van der Waals surface area contributed by atoms with Gasteiger partial charge in [0.25, 0.3) is 0 Å². The molecule has 94 valence electrons. The minimum Gasteiger partial charge on any atom is -0.481 e. The Morgan fingerprint density at radius 2 is 1.94 bits per heavy atom. The summed E-state index contributed by atoms with van der Waals surface area (Å²) in [6, 6.07) is 6.28. The molecule has 5 nitrogen and oxygen atoms in total. The zero-order chi connectivity index (χ0) is 13.4. The molecule has 0 saturated heterocycles. The minimum absolute atomic E-state index is 0.0331. The van der Waals surface area contributed by atoms with Crippen LogP contribution in [0.15, 0.2) is 24.3 Å². The van der Waals surface area contributed by atoms with E-state index in [1.165, 1.54) is 0 Å². The molecule has 0 saturated carbocycles. The molecule has 3 N–H and O–H groups in total. The van der Waals surface area contributed by atoms with Crippen LogP contribution in [0.25, 0.3) is 0 Å². The number of aliphatic carboxylic acids is 1. The summed E-state index contributed by atoms with van der Waals surface area (Å²) in [4.78, 5) is 21.8. The number of hydrogen-bond donors (Lipinski definition) is 3. The summed E-state index contributed by atoms with van der Waals surface area (Å²) < 4.78 is 0. The van der Waals surface area contributed by atoms with Crippen molar-refractivity contribution in [2.45, 2.75) is 12.8 Å². The van der Waals surface area contributed by atoms with Crippen LogP contribution < -0.4 is 10.6 Å². The van der Waals surface area contributed by atoms with E-state index in [9.17, 15) is 9.59 Å². The van der Waals surface area contributed by atoms with Crippen molar-refractivity contribution in [3.8, 4) is 12.3 Å². The van der Waals surface area contributed by atoms with Gasteiger partial charge in [0.2, 0.25) is 0 Å². The molecule has 1 rings (SSSR count). The van der Waals surface area contributed by atoms with Gasteiger partial charge in [-0.3, -0.25) is 4.79 Å². The molecule has 1 aromatic carbocycles. The molecule has 0 spiro atoms. The van der Waals surface area contributed by atoms with Gasteiger partial charge in [-0.15, -0.1) is 12.3 Å². The number of carbonyl (C=O) groups is 2. The van der Waals surface area contributed by atoms with Gasteiger partial charge in [0.1, 0.15) is 0 Å². The van der Waals surface area contributed by atoms with E-state index in [4.69, 9.17) is 11.5 Å². The number of benzene rings is 1. The lowest BCUT2D eigenvalue weighted by Crippen LogP contribution is -2.29. The van der Waals surface area contributed by atoms with E-state index in [1.54, 1.807) is 24.3 Å². The quantitative estimate of drug-likeness (QED) is 0.543. The molecule has 5 heteroatoms. The summed E-state index contributed by atoms with van der Waals surface area (Å²) in [5, 5.41) is 13.8. The Hall–Kier alpha value is -2.48. The topological polar surface area (TPSA) is 78.4 Å². The fourth-order valence-corrected chi connectivity index (χ4v) is 1.30. The summed E-state index contributed by atoms with van der Waals surface area (Å²) >= 11 is 0. The van der Waals surface area contributed by atoms with Crippen LogP contribution in [-0.2, 0) is 11.2 Å². The van der Waals surface area contributed by atoms with Gasteiger partial charge >= 0.3 is 12.0 Å². The number of anilines is 1. The lowest BCUT2D eigenvalue weighted by Gasteiger charge is -2.06. The third kappa shape index (κ3) is 5.03. The molecule has 1 aromatic rings. The first-order valence-electron chi connectivity index (χ1n) is 5.41. The van der Waals surface area contributed by atoms with E-state index < -0.39 is 5.97 Å². The average Bonchev–Trinajstić information content (AvgIpc) is 2.31. The summed E-state index contributed by atoms with van der Waals surface area (Å²) in [5.74, 6) is 1.53. The van der Waals surface area contributed by atoms with Crippen molar-refractivity contribution in [2.24, 2.45) is 0 Å². The van der Waals surface area contributed by atoms with Crippen molar-refractivity contribution in [3.05, 3.63) is 29.8 Å². The molecule has 18 heavy (non-hydrogen) atoms. The fraction of sp³-hybridized carbons (Fsp3) is 0.231. The third-order valence-electron chi connectivity index (χ3n) is 2.12. The van der Waals surface area contributed by atoms with Gasteiger partial charge in [0, 0.05) is 18.7 Å². The Morgan fingerprint density at radius 3 is 2.50 bits per heavy atom. The summed E-state index contributed by atoms with van der Waals surface area (Å²) in [5.41, 5.74) is 1.28. The molecular formula is C13H14N2O3. The summed E-state index contributed by atoms with van der Waals surface area (Å²) in [6.45, 7) is 0.416. The molecule has 0 heterocycles. The molecule has 2 amide bonds. The van der Waals surface area contributed by atoms with Crippen LogP contribution in [0.4, 0.5) is 10.5 Å². The lowest BCUT2D eigenvalue weighted by atomic mass is 10.1. The van der Waals surface area contributed by atoms with E-state index in [0.717, 1.165) is 0 Å². The van der Waals surface area contributed by atoms with Crippen molar-refractivity contribution in [2.75, 3.05) is 11.9 Å². The first-order chi connectivity index (χ1) is 8.61. The molecule has 0 aliphatic heterocycles. The van der Waals surface area contributed by atoms with Crippen molar-refractivity contribution in [1.82, 2.24) is 5.32 Å². The molecular weight excluding hydrogens is 232 g/mol. The number of carboxylic acid groups (broad SMARTS) is 1. The minimum atomic E-state index is -0.886. The van der Waals surface area contributed by atoms with Crippen LogP contribution in [0.3, 0.4) is 0 Å². The Bertz CT molecular complexity index is 460. The van der Waals surface area contributed by atoms with Crippen LogP contribution in [0.1, 0.15) is 12.0 Å². The molecule has 0 unspecified atom stereocenters. The van der Waals surface area contributed by atoms with Crippen LogP contribution in [0.2, 0.25) is 0 Å². The van der Waals surface area contributed by atoms with Crippen molar-refractivity contribution < 1.29 is 14.7 Å². The van der Waals surface area contributed by atoms with E-state index in [0.29, 0.717) is 24.2 Å². The number of nitrogens with one attached hydrogen (secondary N) is 2. The van der Waals surface area contributed by atoms with E-state index in [1.807, 2.05) is 0 Å². The number of terminal acetylenes is 1. The normalized spacial score (nSPS) is 9.28. The van der Waals surface area contributed by atoms with Crippen molar-refractivity contribution >= 4 is 17.7 Å². The first kappa shape index (κ1) is 13.6. The van der Waals surface area contributed by atoms with Gasteiger partial charge < -0.3 is 15.7 Å². The highest BCUT2D eigenvalue weighted by molar-refractivity contribution is 5.89. The van der Waals surface area contributed by atoms with Gasteiger partial charge in [-0.25, -0.2) is 4.79 Å². The van der Waals surface area contributed by atoms with E-state index >= 15 is 0 Å². The van der Waals surface area contributed by atoms with Crippen LogP contribution >= 0.6 is 0 Å². The third-order valence-corrected chi connectivity index (χ3v) is 2.12. The number of hydrogen-bond acceptors (Lipinski definition) is 2. The van der Waals surface area contributed by atoms with Gasteiger partial charge in [0.15, 0.2) is 0 Å². The number of carbonyl (C=O) groups excluding carboxylic acids is 1. The van der Waals surface area contributed by atoms with Crippen LogP contribution in [-0.4, -0.2) is 23.7 Å². The van der Waals surface area contributed by atoms with Gasteiger partial charge in [-0.1, -0.05) is 12.1 Å². The van der Waals surface area contributed by atoms with Crippen LogP contribution in [0, 0.1) is 12.3 Å². The molecule has 0 aliphatic rings. The fourth-order valence-electron chi connectivity index (χ4n) is 1.30. The maximum atomic E-state index is 11.4. The van der Waals surface area contributed by atoms with Crippen molar-refractivity contribution in [3.63, 3.8) is 0 Å². The highest BCUT2D eigenvalue weighted by Crippen LogP contribution is 2.09. The predicted octanol–water partition coefficient (Wildman–Crippen LogP) is 1.46. The highest BCUT2D eigenvalue weighted by atomic mass is 16.4. The SMILES string of the molecule is C#CCCNC(=O)Nc1ccc(CC(=O)O)cc1. The zero-order valence-electron chi connectivity index (χ0n) is 9.77. The molecule has 0 aliphatic carbocycles. The Balaban J connectivity index is 2.46. The van der Waals surface area contributed by atoms with Crippen molar-refractivity contribution in [1.29, 1.82) is 0 Å². The maximum Gasteiger partial charge on any atom is 0.319 e. The molecule has 0 aromatic heterocycles. The molecule has 0 radical (unpaired) electrons. The summed E-state index contributed by atoms with van der Waals surface area (Å²) in [7, 11) is 0. The smallest absolute Gasteiger partial charge is 0.319 e. The van der Waals surface area contributed by atoms with E-state index in [2.05, 4.69) is 16.6 Å². The average molecular weight is 246 g/mol. The maximum absolute atomic E-state index is 11.4. The number of rotatable bonds is 5. The standard InChI is InChI=1S/C13H14N2O3/c1-2-3-8-14-13(18)15-11-6-4-10(5-7-11)9-12(16)17/h1,4-7H,3,8-9H2,(H,16,17)(H2,14,15,18). The lowest BCUT2D eigenvalue weighted by molar-refractivity contribution is -0.136. The van der Waals surface area contributed by atoms with Gasteiger partial charge in [-0.2, -0.15) is 0 Å². The number of carboxylic acids is 1. The molecule has 0 atom stereocenters. The first-order valence-corrected chi connectivity index (χ1v) is 5.41. The van der Waals surface area contributed by atoms with E-state index in [-0.39, 0.29) is 12.5 Å². The van der Waals surface area contributed by atoms with Crippen LogP contribution in [0.5, 0.6) is 0 Å². The Labute approximate surface area is 105 Å². The Kier molecular flexibility index (Phi) is 5.26. The zero-order valence-corrected chi connectivity index (χ0v) is 9.77. The Morgan fingerprint density at radius 1 is 1.28 bits per heavy atom. The second-order valence-electron chi connectivity index (χ2n) is 3.60. The number of amides is 2. The highest BCUT2D eigenvalue weighted by Gasteiger charge is 2.02. The predicted molar refractivity (Wildman–Crippen MR) is 68.3 cm³/mol. The largest absolute Gasteiger partial charge is 0.481 e. The second kappa shape index (κ2) is 6.97. The summed E-state index contributed by atoms with van der Waals surface area (Å²) in [6.07, 6.45) is 5.50. The van der Waals surface area contributed by atoms with Gasteiger partial charge in [0.05, 0.1) is 6.42 Å². The molecule has 0 fully saturated rings. The van der Waals surface area contributed by atoms with Gasteiger partial charge in [-0.05, 0) is 17.7 Å². The second-order valence-corrected chi connectivity index (χ2v) is 3.60.